The first-order valence-corrected chi connectivity index (χ1v) is 7.05. The molecule has 3 rings (SSSR count). The topological polar surface area (TPSA) is 26.0 Å². The molecule has 110 valence electrons. The highest BCUT2D eigenvalue weighted by Crippen LogP contribution is 2.40. The summed E-state index contributed by atoms with van der Waals surface area (Å²) in [7, 11) is 0. The van der Waals surface area contributed by atoms with Gasteiger partial charge in [-0.3, -0.25) is 0 Å². The summed E-state index contributed by atoms with van der Waals surface area (Å²) >= 11 is 0. The average molecular weight is 291 g/mol. The largest absolute Gasteiger partial charge is 0.323 e. The van der Waals surface area contributed by atoms with E-state index in [0.29, 0.717) is 12.1 Å². The van der Waals surface area contributed by atoms with E-state index in [9.17, 15) is 13.2 Å². The van der Waals surface area contributed by atoms with Crippen molar-refractivity contribution in [2.45, 2.75) is 31.2 Å². The number of hydrogen-bond acceptors (Lipinski definition) is 1. The number of nitrogens with two attached hydrogens (primary N) is 1. The molecule has 2 aromatic carbocycles. The molecule has 0 saturated heterocycles. The van der Waals surface area contributed by atoms with E-state index in [1.54, 1.807) is 0 Å². The summed E-state index contributed by atoms with van der Waals surface area (Å²) in [5, 5.41) is 0. The van der Waals surface area contributed by atoms with Crippen LogP contribution in [0.3, 0.4) is 0 Å². The lowest BCUT2D eigenvalue weighted by molar-refractivity contribution is 0.433. The van der Waals surface area contributed by atoms with Gasteiger partial charge in [0.2, 0.25) is 0 Å². The van der Waals surface area contributed by atoms with E-state index < -0.39 is 23.5 Å². The number of hydrogen-bond donors (Lipinski definition) is 1. The first-order valence-electron chi connectivity index (χ1n) is 7.05. The molecule has 2 atom stereocenters. The molecular weight excluding hydrogens is 275 g/mol. The second-order valence-corrected chi connectivity index (χ2v) is 5.51. The van der Waals surface area contributed by atoms with Crippen molar-refractivity contribution in [2.75, 3.05) is 0 Å². The number of aryl methyl sites for hydroxylation is 1. The molecular formula is C17H16F3N. The van der Waals surface area contributed by atoms with Gasteiger partial charge in [0.1, 0.15) is 17.5 Å². The summed E-state index contributed by atoms with van der Waals surface area (Å²) in [4.78, 5) is 0. The second-order valence-electron chi connectivity index (χ2n) is 5.51. The van der Waals surface area contributed by atoms with E-state index >= 15 is 0 Å². The van der Waals surface area contributed by atoms with Crippen LogP contribution in [0.25, 0.3) is 0 Å². The Kier molecular flexibility index (Phi) is 3.72. The van der Waals surface area contributed by atoms with E-state index in [2.05, 4.69) is 0 Å². The SMILES string of the molecule is NC(c1c(F)cc(F)cc1F)C1CCCc2ccccc21. The zero-order valence-corrected chi connectivity index (χ0v) is 11.5. The van der Waals surface area contributed by atoms with Crippen molar-refractivity contribution in [1.82, 2.24) is 0 Å². The molecule has 1 nitrogen and oxygen atoms in total. The summed E-state index contributed by atoms with van der Waals surface area (Å²) in [6, 6.07) is 8.39. The molecule has 1 aliphatic carbocycles. The highest BCUT2D eigenvalue weighted by molar-refractivity contribution is 5.36. The first-order chi connectivity index (χ1) is 10.1. The standard InChI is InChI=1S/C17H16F3N/c18-11-8-14(19)16(15(20)9-11)17(21)13-7-3-5-10-4-1-2-6-12(10)13/h1-2,4,6,8-9,13,17H,3,5,7,21H2. The molecule has 2 aromatic rings. The predicted octanol–water partition coefficient (Wildman–Crippen LogP) is 4.22. The van der Waals surface area contributed by atoms with Crippen LogP contribution in [0.2, 0.25) is 0 Å². The molecule has 0 spiro atoms. The summed E-state index contributed by atoms with van der Waals surface area (Å²) in [6.07, 6.45) is 2.65. The zero-order chi connectivity index (χ0) is 15.0. The Morgan fingerprint density at radius 3 is 2.43 bits per heavy atom. The number of halogens is 3. The zero-order valence-electron chi connectivity index (χ0n) is 11.5. The molecule has 0 radical (unpaired) electrons. The monoisotopic (exact) mass is 291 g/mol. The fourth-order valence-electron chi connectivity index (χ4n) is 3.24. The fraction of sp³-hybridized carbons (Fsp3) is 0.294. The van der Waals surface area contributed by atoms with Crippen molar-refractivity contribution in [3.63, 3.8) is 0 Å². The van der Waals surface area contributed by atoms with Crippen LogP contribution in [-0.2, 0) is 6.42 Å². The Balaban J connectivity index is 2.03. The predicted molar refractivity (Wildman–Crippen MR) is 75.4 cm³/mol. The van der Waals surface area contributed by atoms with Gasteiger partial charge in [0.15, 0.2) is 0 Å². The molecule has 0 aliphatic heterocycles. The summed E-state index contributed by atoms with van der Waals surface area (Å²) in [5.41, 5.74) is 8.12. The normalized spacial score (nSPS) is 19.1. The van der Waals surface area contributed by atoms with E-state index in [1.165, 1.54) is 5.56 Å². The van der Waals surface area contributed by atoms with E-state index in [1.807, 2.05) is 24.3 Å². The second kappa shape index (κ2) is 5.53. The van der Waals surface area contributed by atoms with Crippen LogP contribution >= 0.6 is 0 Å². The van der Waals surface area contributed by atoms with Gasteiger partial charge >= 0.3 is 0 Å². The minimum atomic E-state index is -0.926. The van der Waals surface area contributed by atoms with Gasteiger partial charge in [-0.15, -0.1) is 0 Å². The third-order valence-corrected chi connectivity index (χ3v) is 4.23. The maximum absolute atomic E-state index is 13.9. The summed E-state index contributed by atoms with van der Waals surface area (Å²) in [5.74, 6) is -2.90. The average Bonchev–Trinajstić information content (AvgIpc) is 2.45. The third-order valence-electron chi connectivity index (χ3n) is 4.23. The molecule has 0 fully saturated rings. The minimum absolute atomic E-state index is 0.149. The highest BCUT2D eigenvalue weighted by Gasteiger charge is 2.30. The van der Waals surface area contributed by atoms with Crippen LogP contribution < -0.4 is 5.73 Å². The highest BCUT2D eigenvalue weighted by atomic mass is 19.1. The Labute approximate surface area is 121 Å². The van der Waals surface area contributed by atoms with E-state index in [0.717, 1.165) is 24.8 Å². The van der Waals surface area contributed by atoms with Crippen molar-refractivity contribution in [3.05, 3.63) is 70.5 Å². The number of fused-ring (bicyclic) bond motifs is 1. The smallest absolute Gasteiger partial charge is 0.133 e. The lowest BCUT2D eigenvalue weighted by atomic mass is 9.77. The molecule has 0 amide bonds. The number of benzene rings is 2. The Morgan fingerprint density at radius 2 is 1.71 bits per heavy atom. The van der Waals surface area contributed by atoms with Gasteiger partial charge in [0, 0.05) is 29.7 Å². The third kappa shape index (κ3) is 2.56. The molecule has 0 aromatic heterocycles. The Hall–Kier alpha value is -1.81. The minimum Gasteiger partial charge on any atom is -0.323 e. The van der Waals surface area contributed by atoms with Crippen molar-refractivity contribution in [1.29, 1.82) is 0 Å². The van der Waals surface area contributed by atoms with Gasteiger partial charge in [0.25, 0.3) is 0 Å². The van der Waals surface area contributed by atoms with Gasteiger partial charge in [-0.25, -0.2) is 13.2 Å². The molecule has 0 bridgehead atoms. The van der Waals surface area contributed by atoms with Crippen LogP contribution in [0.15, 0.2) is 36.4 Å². The fourth-order valence-corrected chi connectivity index (χ4v) is 3.24. The quantitative estimate of drug-likeness (QED) is 0.880. The number of rotatable bonds is 2. The van der Waals surface area contributed by atoms with Gasteiger partial charge in [0.05, 0.1) is 0 Å². The molecule has 0 saturated carbocycles. The molecule has 21 heavy (non-hydrogen) atoms. The van der Waals surface area contributed by atoms with Gasteiger partial charge in [-0.1, -0.05) is 24.3 Å². The van der Waals surface area contributed by atoms with Crippen LogP contribution in [0.5, 0.6) is 0 Å². The van der Waals surface area contributed by atoms with Gasteiger partial charge in [-0.2, -0.15) is 0 Å². The van der Waals surface area contributed by atoms with Crippen LogP contribution in [0, 0.1) is 17.5 Å². The van der Waals surface area contributed by atoms with Crippen molar-refractivity contribution in [3.8, 4) is 0 Å². The first kappa shape index (κ1) is 14.1. The van der Waals surface area contributed by atoms with E-state index in [4.69, 9.17) is 5.73 Å². The molecule has 2 N–H and O–H groups in total. The van der Waals surface area contributed by atoms with Gasteiger partial charge < -0.3 is 5.73 Å². The van der Waals surface area contributed by atoms with Crippen LogP contribution in [0.4, 0.5) is 13.2 Å². The maximum Gasteiger partial charge on any atom is 0.133 e. The molecule has 0 heterocycles. The summed E-state index contributed by atoms with van der Waals surface area (Å²) < 4.78 is 40.9. The molecule has 1 aliphatic rings. The van der Waals surface area contributed by atoms with Crippen LogP contribution in [-0.4, -0.2) is 0 Å². The molecule has 2 unspecified atom stereocenters. The Bertz CT molecular complexity index is 646. The summed E-state index contributed by atoms with van der Waals surface area (Å²) in [6.45, 7) is 0. The lowest BCUT2D eigenvalue weighted by Gasteiger charge is -2.30. The van der Waals surface area contributed by atoms with Crippen LogP contribution in [0.1, 0.15) is 41.5 Å². The maximum atomic E-state index is 13.9. The van der Waals surface area contributed by atoms with Crippen molar-refractivity contribution in [2.24, 2.45) is 5.73 Å². The van der Waals surface area contributed by atoms with Crippen molar-refractivity contribution < 1.29 is 13.2 Å². The lowest BCUT2D eigenvalue weighted by Crippen LogP contribution is -2.25. The van der Waals surface area contributed by atoms with Gasteiger partial charge in [-0.05, 0) is 30.4 Å². The molecule has 4 heteroatoms. The van der Waals surface area contributed by atoms with E-state index in [-0.39, 0.29) is 11.5 Å². The Morgan fingerprint density at radius 1 is 1.05 bits per heavy atom. The van der Waals surface area contributed by atoms with Crippen molar-refractivity contribution >= 4 is 0 Å².